The van der Waals surface area contributed by atoms with E-state index in [4.69, 9.17) is 0 Å². The first-order valence-electron chi connectivity index (χ1n) is 5.83. The fourth-order valence-corrected chi connectivity index (χ4v) is 1.84. The molecule has 0 aliphatic rings. The first-order chi connectivity index (χ1) is 8.08. The predicted octanol–water partition coefficient (Wildman–Crippen LogP) is 2.79. The van der Waals surface area contributed by atoms with Crippen molar-refractivity contribution in [3.63, 3.8) is 0 Å². The number of hydrogen-bond acceptors (Lipinski definition) is 2. The van der Waals surface area contributed by atoms with Crippen molar-refractivity contribution in [2.75, 3.05) is 0 Å². The van der Waals surface area contributed by atoms with Crippen LogP contribution in [0.5, 0.6) is 0 Å². The summed E-state index contributed by atoms with van der Waals surface area (Å²) < 4.78 is 1.81. The van der Waals surface area contributed by atoms with Gasteiger partial charge < -0.3 is 5.11 Å². The van der Waals surface area contributed by atoms with Gasteiger partial charge in [-0.15, -0.1) is 0 Å². The number of hydrogen-bond donors (Lipinski definition) is 1. The lowest BCUT2D eigenvalue weighted by Crippen LogP contribution is -2.15. The third-order valence-electron chi connectivity index (χ3n) is 3.02. The quantitative estimate of drug-likeness (QED) is 0.880. The van der Waals surface area contributed by atoms with E-state index in [9.17, 15) is 5.11 Å². The summed E-state index contributed by atoms with van der Waals surface area (Å²) in [6, 6.07) is 7.89. The van der Waals surface area contributed by atoms with Gasteiger partial charge in [0.15, 0.2) is 0 Å². The van der Waals surface area contributed by atoms with Crippen LogP contribution in [0.15, 0.2) is 36.7 Å². The van der Waals surface area contributed by atoms with Crippen LogP contribution in [0, 0.1) is 13.8 Å². The summed E-state index contributed by atoms with van der Waals surface area (Å²) in [5.74, 6) is 0. The standard InChI is InChI=1S/C14H18N2O/c1-10-4-6-13(7-5-10)14(17)12(3)16-9-11(2)8-15-16/h4-9,12,14,17H,1-3H3. The van der Waals surface area contributed by atoms with E-state index in [0.29, 0.717) is 0 Å². The molecule has 1 heterocycles. The second-order valence-corrected chi connectivity index (χ2v) is 4.59. The maximum absolute atomic E-state index is 10.3. The van der Waals surface area contributed by atoms with Gasteiger partial charge in [-0.05, 0) is 31.9 Å². The lowest BCUT2D eigenvalue weighted by Gasteiger charge is -2.19. The Hall–Kier alpha value is -1.61. The van der Waals surface area contributed by atoms with E-state index in [-0.39, 0.29) is 6.04 Å². The highest BCUT2D eigenvalue weighted by Crippen LogP contribution is 2.25. The van der Waals surface area contributed by atoms with Crippen LogP contribution in [0.3, 0.4) is 0 Å². The van der Waals surface area contributed by atoms with Gasteiger partial charge in [-0.2, -0.15) is 5.10 Å². The Balaban J connectivity index is 2.19. The van der Waals surface area contributed by atoms with Gasteiger partial charge in [-0.25, -0.2) is 0 Å². The number of aliphatic hydroxyl groups excluding tert-OH is 1. The van der Waals surface area contributed by atoms with Crippen molar-refractivity contribution in [1.29, 1.82) is 0 Å². The topological polar surface area (TPSA) is 38.0 Å². The molecular formula is C14H18N2O. The first kappa shape index (κ1) is 11.9. The minimum absolute atomic E-state index is 0.0635. The molecule has 3 heteroatoms. The lowest BCUT2D eigenvalue weighted by atomic mass is 10.0. The molecule has 0 fully saturated rings. The predicted molar refractivity (Wildman–Crippen MR) is 67.8 cm³/mol. The van der Waals surface area contributed by atoms with E-state index in [1.54, 1.807) is 10.9 Å². The highest BCUT2D eigenvalue weighted by atomic mass is 16.3. The summed E-state index contributed by atoms with van der Waals surface area (Å²) in [6.07, 6.45) is 3.22. The zero-order chi connectivity index (χ0) is 12.4. The lowest BCUT2D eigenvalue weighted by molar-refractivity contribution is 0.115. The molecule has 17 heavy (non-hydrogen) atoms. The second-order valence-electron chi connectivity index (χ2n) is 4.59. The van der Waals surface area contributed by atoms with E-state index in [1.165, 1.54) is 5.56 Å². The minimum atomic E-state index is -0.533. The number of benzene rings is 1. The van der Waals surface area contributed by atoms with Gasteiger partial charge in [0.1, 0.15) is 6.10 Å². The number of aliphatic hydroxyl groups is 1. The zero-order valence-corrected chi connectivity index (χ0v) is 10.5. The van der Waals surface area contributed by atoms with Crippen LogP contribution in [0.2, 0.25) is 0 Å². The summed E-state index contributed by atoms with van der Waals surface area (Å²) in [5, 5.41) is 14.5. The fraction of sp³-hybridized carbons (Fsp3) is 0.357. The average Bonchev–Trinajstić information content (AvgIpc) is 2.75. The minimum Gasteiger partial charge on any atom is -0.386 e. The molecule has 0 saturated carbocycles. The van der Waals surface area contributed by atoms with Crippen LogP contribution in [0.4, 0.5) is 0 Å². The SMILES string of the molecule is Cc1ccc(C(O)C(C)n2cc(C)cn2)cc1. The van der Waals surface area contributed by atoms with Crippen LogP contribution in [-0.2, 0) is 0 Å². The van der Waals surface area contributed by atoms with Crippen LogP contribution in [0.1, 0.15) is 35.8 Å². The van der Waals surface area contributed by atoms with Crippen molar-refractivity contribution in [2.24, 2.45) is 0 Å². The van der Waals surface area contributed by atoms with E-state index in [0.717, 1.165) is 11.1 Å². The van der Waals surface area contributed by atoms with Crippen LogP contribution in [-0.4, -0.2) is 14.9 Å². The molecule has 0 saturated heterocycles. The molecule has 0 bridgehead atoms. The van der Waals surface area contributed by atoms with Gasteiger partial charge in [0.25, 0.3) is 0 Å². The third-order valence-corrected chi connectivity index (χ3v) is 3.02. The molecule has 0 aliphatic heterocycles. The molecule has 2 atom stereocenters. The Morgan fingerprint density at radius 3 is 2.29 bits per heavy atom. The molecule has 1 aromatic heterocycles. The van der Waals surface area contributed by atoms with Crippen LogP contribution in [0.25, 0.3) is 0 Å². The number of aryl methyl sites for hydroxylation is 2. The maximum Gasteiger partial charge on any atom is 0.101 e. The summed E-state index contributed by atoms with van der Waals surface area (Å²) in [6.45, 7) is 6.00. The number of aromatic nitrogens is 2. The maximum atomic E-state index is 10.3. The van der Waals surface area contributed by atoms with Crippen molar-refractivity contribution in [1.82, 2.24) is 9.78 Å². The van der Waals surface area contributed by atoms with Gasteiger partial charge >= 0.3 is 0 Å². The largest absolute Gasteiger partial charge is 0.386 e. The van der Waals surface area contributed by atoms with Gasteiger partial charge in [0.2, 0.25) is 0 Å². The van der Waals surface area contributed by atoms with Gasteiger partial charge in [0.05, 0.1) is 12.2 Å². The monoisotopic (exact) mass is 230 g/mol. The molecule has 90 valence electrons. The van der Waals surface area contributed by atoms with Crippen molar-refractivity contribution in [3.05, 3.63) is 53.3 Å². The van der Waals surface area contributed by atoms with Gasteiger partial charge in [-0.1, -0.05) is 29.8 Å². The van der Waals surface area contributed by atoms with E-state index < -0.39 is 6.10 Å². The van der Waals surface area contributed by atoms with Crippen molar-refractivity contribution < 1.29 is 5.11 Å². The highest BCUT2D eigenvalue weighted by molar-refractivity contribution is 5.23. The second kappa shape index (κ2) is 4.72. The molecule has 2 unspecified atom stereocenters. The average molecular weight is 230 g/mol. The summed E-state index contributed by atoms with van der Waals surface area (Å²) in [4.78, 5) is 0. The van der Waals surface area contributed by atoms with Crippen LogP contribution < -0.4 is 0 Å². The third kappa shape index (κ3) is 2.56. The number of nitrogens with zero attached hydrogens (tertiary/aromatic N) is 2. The molecular weight excluding hydrogens is 212 g/mol. The number of rotatable bonds is 3. The molecule has 0 spiro atoms. The smallest absolute Gasteiger partial charge is 0.101 e. The summed E-state index contributed by atoms with van der Waals surface area (Å²) in [7, 11) is 0. The summed E-state index contributed by atoms with van der Waals surface area (Å²) in [5.41, 5.74) is 3.23. The molecule has 2 rings (SSSR count). The summed E-state index contributed by atoms with van der Waals surface area (Å²) >= 11 is 0. The van der Waals surface area contributed by atoms with E-state index in [2.05, 4.69) is 5.10 Å². The molecule has 0 radical (unpaired) electrons. The van der Waals surface area contributed by atoms with E-state index >= 15 is 0 Å². The molecule has 1 N–H and O–H groups in total. The fourth-order valence-electron chi connectivity index (χ4n) is 1.84. The Morgan fingerprint density at radius 1 is 1.12 bits per heavy atom. The molecule has 2 aromatic rings. The first-order valence-corrected chi connectivity index (χ1v) is 5.83. The molecule has 1 aromatic carbocycles. The van der Waals surface area contributed by atoms with Crippen molar-refractivity contribution >= 4 is 0 Å². The normalized spacial score (nSPS) is 14.6. The van der Waals surface area contributed by atoms with Gasteiger partial charge in [-0.3, -0.25) is 4.68 Å². The Kier molecular flexibility index (Phi) is 3.29. The molecule has 3 nitrogen and oxygen atoms in total. The molecule has 0 amide bonds. The zero-order valence-electron chi connectivity index (χ0n) is 10.5. The van der Waals surface area contributed by atoms with Crippen LogP contribution >= 0.6 is 0 Å². The Morgan fingerprint density at radius 2 is 1.76 bits per heavy atom. The van der Waals surface area contributed by atoms with Crippen molar-refractivity contribution in [3.8, 4) is 0 Å². The highest BCUT2D eigenvalue weighted by Gasteiger charge is 2.18. The van der Waals surface area contributed by atoms with Gasteiger partial charge in [0, 0.05) is 6.20 Å². The molecule has 0 aliphatic carbocycles. The Labute approximate surface area is 102 Å². The van der Waals surface area contributed by atoms with Crippen molar-refractivity contribution in [2.45, 2.75) is 32.9 Å². The Bertz CT molecular complexity index is 487. The van der Waals surface area contributed by atoms with E-state index in [1.807, 2.05) is 51.2 Å².